The molecule has 0 bridgehead atoms. The fourth-order valence-corrected chi connectivity index (χ4v) is 5.78. The molecule has 0 rings (SSSR count). The highest BCUT2D eigenvalue weighted by atomic mass is 16.4. The smallest absolute Gasteiger partial charge is 0.326 e. The van der Waals surface area contributed by atoms with E-state index in [2.05, 4.69) is 37.2 Å². The van der Waals surface area contributed by atoms with Crippen molar-refractivity contribution in [2.45, 2.75) is 142 Å². The normalized spacial score (nSPS) is 14.8. The van der Waals surface area contributed by atoms with Crippen LogP contribution in [0.3, 0.4) is 0 Å². The van der Waals surface area contributed by atoms with Crippen LogP contribution in [0.1, 0.15) is 99.3 Å². The molecule has 344 valence electrons. The first kappa shape index (κ1) is 55.1. The molecule has 0 aromatic carbocycles. The number of unbranched alkanes of at least 4 members (excludes halogenated alkanes) is 2. The molecule has 7 amide bonds. The Morgan fingerprint density at radius 2 is 0.983 bits per heavy atom. The molecule has 0 saturated heterocycles. The van der Waals surface area contributed by atoms with E-state index in [0.717, 1.165) is 0 Å². The molecule has 0 unspecified atom stereocenters. The van der Waals surface area contributed by atoms with Crippen LogP contribution in [0.5, 0.6) is 0 Å². The molecule has 0 fully saturated rings. The minimum absolute atomic E-state index is 0.0512. The van der Waals surface area contributed by atoms with Crippen LogP contribution < -0.4 is 54.4 Å². The summed E-state index contributed by atoms with van der Waals surface area (Å²) in [6.07, 6.45) is 1.66. The average molecular weight is 859 g/mol. The molecule has 0 aromatic heterocycles. The molecule has 0 saturated carbocycles. The van der Waals surface area contributed by atoms with Crippen LogP contribution >= 0.6 is 0 Å². The van der Waals surface area contributed by atoms with Gasteiger partial charge in [-0.25, -0.2) is 4.79 Å². The van der Waals surface area contributed by atoms with Gasteiger partial charge in [-0.2, -0.15) is 0 Å². The van der Waals surface area contributed by atoms with Gasteiger partial charge in [0.05, 0.1) is 25.6 Å². The lowest BCUT2D eigenvalue weighted by Crippen LogP contribution is -2.59. The third-order valence-electron chi connectivity index (χ3n) is 9.07. The molecular weight excluding hydrogens is 788 g/mol. The molecule has 0 spiro atoms. The number of hydrogen-bond donors (Lipinski definition) is 13. The van der Waals surface area contributed by atoms with Crippen molar-refractivity contribution in [2.75, 3.05) is 26.2 Å². The van der Waals surface area contributed by atoms with E-state index in [-0.39, 0.29) is 37.6 Å². The maximum atomic E-state index is 13.6. The molecule has 0 aliphatic rings. The fourth-order valence-electron chi connectivity index (χ4n) is 5.78. The van der Waals surface area contributed by atoms with Crippen molar-refractivity contribution < 1.29 is 58.5 Å². The van der Waals surface area contributed by atoms with Gasteiger partial charge in [-0.15, -0.1) is 0 Å². The minimum atomic E-state index is -1.71. The van der Waals surface area contributed by atoms with E-state index >= 15 is 0 Å². The number of nitrogens with two attached hydrogens (primary N) is 3. The Balaban J connectivity index is 5.93. The standard InChI is InChI=1S/C38H70N10O12/c1-20(2)15-25(45-34(55)24(12-8-10-14-40)44-37(58)28(19-49)47-32(53)23(41)11-7-9-13-39)33(54)42-18-29(50)43-27(17-30(51)52)35(56)46-26(16-21(3)4)36(57)48-31(22(5)6)38(59)60/h20-28,31,49H,7-19,39-41H2,1-6H3,(H,42,54)(H,43,50)(H,44,58)(H,45,55)(H,46,56)(H,47,53)(H,48,57)(H,51,52)(H,59,60)/t23-,24-,25-,26-,27-,28-,31-/m0/s1. The highest BCUT2D eigenvalue weighted by Crippen LogP contribution is 2.11. The van der Waals surface area contributed by atoms with E-state index in [0.29, 0.717) is 38.6 Å². The molecule has 0 aliphatic heterocycles. The van der Waals surface area contributed by atoms with Crippen LogP contribution in [-0.4, -0.2) is 137 Å². The maximum Gasteiger partial charge on any atom is 0.326 e. The van der Waals surface area contributed by atoms with Gasteiger partial charge in [0, 0.05) is 0 Å². The minimum Gasteiger partial charge on any atom is -0.481 e. The number of aliphatic hydroxyl groups is 1. The van der Waals surface area contributed by atoms with E-state index in [1.54, 1.807) is 41.5 Å². The molecular formula is C38H70N10O12. The zero-order valence-electron chi connectivity index (χ0n) is 35.7. The Labute approximate surface area is 351 Å². The maximum absolute atomic E-state index is 13.6. The number of nitrogens with one attached hydrogen (secondary N) is 7. The highest BCUT2D eigenvalue weighted by molar-refractivity contribution is 5.97. The van der Waals surface area contributed by atoms with E-state index in [4.69, 9.17) is 17.2 Å². The number of carboxylic acid groups (broad SMARTS) is 2. The lowest BCUT2D eigenvalue weighted by molar-refractivity contribution is -0.144. The monoisotopic (exact) mass is 859 g/mol. The second kappa shape index (κ2) is 29.3. The molecule has 60 heavy (non-hydrogen) atoms. The second-order valence-electron chi connectivity index (χ2n) is 15.9. The third kappa shape index (κ3) is 22.4. The molecule has 0 aliphatic carbocycles. The van der Waals surface area contributed by atoms with E-state index in [9.17, 15) is 58.5 Å². The summed E-state index contributed by atoms with van der Waals surface area (Å²) >= 11 is 0. The number of hydrogen-bond acceptors (Lipinski definition) is 13. The number of amides is 7. The first-order chi connectivity index (χ1) is 28.1. The lowest BCUT2D eigenvalue weighted by Gasteiger charge is -2.26. The summed E-state index contributed by atoms with van der Waals surface area (Å²) in [4.78, 5) is 115. The molecule has 0 radical (unpaired) electrons. The molecule has 7 atom stereocenters. The number of rotatable bonds is 31. The van der Waals surface area contributed by atoms with Crippen LogP contribution in [-0.2, 0) is 43.2 Å². The summed E-state index contributed by atoms with van der Waals surface area (Å²) in [7, 11) is 0. The number of carboxylic acids is 2. The van der Waals surface area contributed by atoms with Crippen molar-refractivity contribution in [3.8, 4) is 0 Å². The predicted molar refractivity (Wildman–Crippen MR) is 219 cm³/mol. The Morgan fingerprint density at radius 3 is 1.45 bits per heavy atom. The summed E-state index contributed by atoms with van der Waals surface area (Å²) in [6.45, 7) is 9.31. The number of carbonyl (C=O) groups is 9. The number of aliphatic hydroxyl groups excluding tert-OH is 1. The van der Waals surface area contributed by atoms with Gasteiger partial charge in [0.2, 0.25) is 41.4 Å². The van der Waals surface area contributed by atoms with Gasteiger partial charge in [-0.3, -0.25) is 38.4 Å². The largest absolute Gasteiger partial charge is 0.481 e. The summed E-state index contributed by atoms with van der Waals surface area (Å²) in [5.74, 6) is -9.64. The summed E-state index contributed by atoms with van der Waals surface area (Å²) in [5, 5.41) is 45.7. The average Bonchev–Trinajstić information content (AvgIpc) is 3.15. The quantitative estimate of drug-likeness (QED) is 0.0307. The molecule has 0 aromatic rings. The van der Waals surface area contributed by atoms with Crippen LogP contribution in [0.4, 0.5) is 0 Å². The second-order valence-corrected chi connectivity index (χ2v) is 15.9. The van der Waals surface area contributed by atoms with Gasteiger partial charge in [0.1, 0.15) is 36.3 Å². The van der Waals surface area contributed by atoms with Gasteiger partial charge < -0.3 is 69.7 Å². The van der Waals surface area contributed by atoms with E-state index in [1.807, 2.05) is 0 Å². The fraction of sp³-hybridized carbons (Fsp3) is 0.763. The molecule has 16 N–H and O–H groups in total. The van der Waals surface area contributed by atoms with Crippen LogP contribution in [0.15, 0.2) is 0 Å². The van der Waals surface area contributed by atoms with E-state index < -0.39 is 121 Å². The van der Waals surface area contributed by atoms with Crippen molar-refractivity contribution >= 4 is 53.3 Å². The Hall–Kier alpha value is -4.93. The van der Waals surface area contributed by atoms with Crippen molar-refractivity contribution in [1.29, 1.82) is 0 Å². The van der Waals surface area contributed by atoms with Gasteiger partial charge in [0.25, 0.3) is 0 Å². The SMILES string of the molecule is CC(C)C[C@H](NC(=O)[C@H](CCCCN)NC(=O)[C@H](CO)NC(=O)[C@@H](N)CCCCN)C(=O)NCC(=O)N[C@@H](CC(=O)O)C(=O)N[C@@H](CC(C)C)C(=O)N[C@H](C(=O)O)C(C)C. The zero-order valence-corrected chi connectivity index (χ0v) is 35.7. The predicted octanol–water partition coefficient (Wildman–Crippen LogP) is -3.10. The van der Waals surface area contributed by atoms with Crippen molar-refractivity contribution in [3.63, 3.8) is 0 Å². The first-order valence-electron chi connectivity index (χ1n) is 20.4. The van der Waals surface area contributed by atoms with Crippen LogP contribution in [0.2, 0.25) is 0 Å². The van der Waals surface area contributed by atoms with Gasteiger partial charge in [0.15, 0.2) is 0 Å². The topological polar surface area (TPSA) is 377 Å². The summed E-state index contributed by atoms with van der Waals surface area (Å²) < 4.78 is 0. The van der Waals surface area contributed by atoms with Crippen molar-refractivity contribution in [3.05, 3.63) is 0 Å². The Kier molecular flexibility index (Phi) is 26.9. The van der Waals surface area contributed by atoms with Gasteiger partial charge >= 0.3 is 11.9 Å². The number of carbonyl (C=O) groups excluding carboxylic acids is 7. The Morgan fingerprint density at radius 1 is 0.533 bits per heavy atom. The zero-order chi connectivity index (χ0) is 46.1. The summed E-state index contributed by atoms with van der Waals surface area (Å²) in [5.41, 5.74) is 17.0. The van der Waals surface area contributed by atoms with E-state index in [1.165, 1.54) is 0 Å². The molecule has 22 heteroatoms. The van der Waals surface area contributed by atoms with Gasteiger partial charge in [-0.05, 0) is 75.8 Å². The molecule has 0 heterocycles. The summed E-state index contributed by atoms with van der Waals surface area (Å²) in [6, 6.07) is -9.16. The Bertz CT molecular complexity index is 1430. The van der Waals surface area contributed by atoms with Crippen molar-refractivity contribution in [2.24, 2.45) is 35.0 Å². The number of aliphatic carboxylic acids is 2. The molecule has 22 nitrogen and oxygen atoms in total. The van der Waals surface area contributed by atoms with Crippen LogP contribution in [0, 0.1) is 17.8 Å². The third-order valence-corrected chi connectivity index (χ3v) is 9.07. The highest BCUT2D eigenvalue weighted by Gasteiger charge is 2.33. The lowest BCUT2D eigenvalue weighted by atomic mass is 10.00. The first-order valence-corrected chi connectivity index (χ1v) is 20.4. The van der Waals surface area contributed by atoms with Crippen molar-refractivity contribution in [1.82, 2.24) is 37.2 Å². The van der Waals surface area contributed by atoms with Crippen LogP contribution in [0.25, 0.3) is 0 Å². The van der Waals surface area contributed by atoms with Gasteiger partial charge in [-0.1, -0.05) is 48.0 Å².